The fraction of sp³-hybridized carbons (Fsp3) is 0.600. The molecule has 0 heterocycles. The number of hydrogen-bond donors (Lipinski definition) is 0. The maximum atomic E-state index is 12.9. The van der Waals surface area contributed by atoms with Gasteiger partial charge in [0.05, 0.1) is 5.41 Å². The quantitative estimate of drug-likeness (QED) is 0.646. The average Bonchev–Trinajstić information content (AvgIpc) is 2.30. The minimum atomic E-state index is -4.06. The molecule has 100 valence electrons. The van der Waals surface area contributed by atoms with Crippen LogP contribution < -0.4 is 0 Å². The van der Waals surface area contributed by atoms with Crippen molar-refractivity contribution in [3.8, 4) is 0 Å². The molecule has 1 aromatic rings. The van der Waals surface area contributed by atoms with Crippen molar-refractivity contribution >= 4 is 0 Å². The summed E-state index contributed by atoms with van der Waals surface area (Å²) < 4.78 is 38.7. The van der Waals surface area contributed by atoms with Crippen LogP contribution >= 0.6 is 0 Å². The van der Waals surface area contributed by atoms with Crippen LogP contribution in [0, 0.1) is 12.3 Å². The first kappa shape index (κ1) is 13.4. The first-order chi connectivity index (χ1) is 8.32. The van der Waals surface area contributed by atoms with E-state index >= 15 is 0 Å². The molecular weight excluding hydrogens is 237 g/mol. The molecule has 0 aliphatic heterocycles. The molecule has 0 unspecified atom stereocenters. The second-order valence-electron chi connectivity index (χ2n) is 5.74. The smallest absolute Gasteiger partial charge is 0.171 e. The molecule has 0 radical (unpaired) electrons. The highest BCUT2D eigenvalue weighted by atomic mass is 19.4. The Morgan fingerprint density at radius 3 is 2.00 bits per heavy atom. The fourth-order valence-electron chi connectivity index (χ4n) is 2.71. The molecule has 1 aliphatic carbocycles. The average molecular weight is 256 g/mol. The Morgan fingerprint density at radius 1 is 1.06 bits per heavy atom. The number of halogens is 3. The van der Waals surface area contributed by atoms with Crippen LogP contribution in [0.15, 0.2) is 24.3 Å². The summed E-state index contributed by atoms with van der Waals surface area (Å²) in [5, 5.41) is 0. The molecule has 2 rings (SSSR count). The topological polar surface area (TPSA) is 0 Å². The van der Waals surface area contributed by atoms with Gasteiger partial charge in [-0.1, -0.05) is 36.8 Å². The van der Waals surface area contributed by atoms with Gasteiger partial charge >= 0.3 is 6.18 Å². The van der Waals surface area contributed by atoms with Crippen molar-refractivity contribution in [2.45, 2.75) is 51.6 Å². The lowest BCUT2D eigenvalue weighted by Crippen LogP contribution is -2.38. The lowest BCUT2D eigenvalue weighted by atomic mass is 9.69. The molecule has 0 atom stereocenters. The number of aryl methyl sites for hydroxylation is 1. The number of benzene rings is 1. The zero-order valence-corrected chi connectivity index (χ0v) is 10.8. The van der Waals surface area contributed by atoms with Crippen LogP contribution in [0.25, 0.3) is 0 Å². The van der Waals surface area contributed by atoms with Gasteiger partial charge in [-0.15, -0.1) is 0 Å². The molecule has 0 N–H and O–H groups in total. The van der Waals surface area contributed by atoms with E-state index in [-0.39, 0.29) is 12.8 Å². The molecule has 1 fully saturated rings. The Bertz CT molecular complexity index is 395. The number of rotatable bonds is 1. The van der Waals surface area contributed by atoms with E-state index in [2.05, 4.69) is 12.1 Å². The van der Waals surface area contributed by atoms with Gasteiger partial charge in [0.15, 0.2) is 0 Å². The van der Waals surface area contributed by atoms with Crippen LogP contribution in [0.4, 0.5) is 13.2 Å². The molecule has 1 aliphatic rings. The third-order valence-corrected chi connectivity index (χ3v) is 4.32. The van der Waals surface area contributed by atoms with E-state index in [1.807, 2.05) is 19.1 Å². The molecule has 0 amide bonds. The second kappa shape index (κ2) is 4.60. The summed E-state index contributed by atoms with van der Waals surface area (Å²) in [6, 6.07) is 8.17. The Labute approximate surface area is 106 Å². The predicted octanol–water partition coefficient (Wildman–Crippen LogP) is 5.22. The summed E-state index contributed by atoms with van der Waals surface area (Å²) in [4.78, 5) is 0. The lowest BCUT2D eigenvalue weighted by Gasteiger charge is -2.38. The van der Waals surface area contributed by atoms with E-state index in [1.165, 1.54) is 18.1 Å². The van der Waals surface area contributed by atoms with E-state index in [0.29, 0.717) is 18.8 Å². The predicted molar refractivity (Wildman–Crippen MR) is 66.6 cm³/mol. The summed E-state index contributed by atoms with van der Waals surface area (Å²) in [6.07, 6.45) is -2.30. The van der Waals surface area contributed by atoms with Crippen LogP contribution in [0.5, 0.6) is 0 Å². The maximum absolute atomic E-state index is 12.9. The SMILES string of the molecule is Cc1ccc(C2CCC(C)(C(F)(F)F)CC2)cc1. The summed E-state index contributed by atoms with van der Waals surface area (Å²) in [5.41, 5.74) is 0.897. The van der Waals surface area contributed by atoms with Crippen molar-refractivity contribution in [2.75, 3.05) is 0 Å². The summed E-state index contributed by atoms with van der Waals surface area (Å²) in [5.74, 6) is 0.293. The summed E-state index contributed by atoms with van der Waals surface area (Å²) in [6.45, 7) is 3.38. The van der Waals surface area contributed by atoms with E-state index in [0.717, 1.165) is 0 Å². The van der Waals surface area contributed by atoms with Gasteiger partial charge in [-0.05, 0) is 44.1 Å². The highest BCUT2D eigenvalue weighted by Crippen LogP contribution is 2.51. The van der Waals surface area contributed by atoms with E-state index < -0.39 is 11.6 Å². The van der Waals surface area contributed by atoms with Crippen LogP contribution in [-0.2, 0) is 0 Å². The third kappa shape index (κ3) is 2.55. The summed E-state index contributed by atoms with van der Waals surface area (Å²) in [7, 11) is 0. The largest absolute Gasteiger partial charge is 0.394 e. The molecular formula is C15H19F3. The minimum Gasteiger partial charge on any atom is -0.171 e. The van der Waals surface area contributed by atoms with Crippen molar-refractivity contribution < 1.29 is 13.2 Å². The Balaban J connectivity index is 2.05. The first-order valence-electron chi connectivity index (χ1n) is 6.45. The lowest BCUT2D eigenvalue weighted by molar-refractivity contribution is -0.228. The highest BCUT2D eigenvalue weighted by molar-refractivity contribution is 5.25. The van der Waals surface area contributed by atoms with Gasteiger partial charge in [0.25, 0.3) is 0 Å². The molecule has 0 aromatic heterocycles. The molecule has 0 spiro atoms. The van der Waals surface area contributed by atoms with Gasteiger partial charge in [-0.2, -0.15) is 13.2 Å². The Morgan fingerprint density at radius 2 is 1.56 bits per heavy atom. The molecule has 1 aromatic carbocycles. The van der Waals surface area contributed by atoms with Crippen molar-refractivity contribution in [2.24, 2.45) is 5.41 Å². The normalized spacial score (nSPS) is 29.3. The van der Waals surface area contributed by atoms with Crippen molar-refractivity contribution in [1.82, 2.24) is 0 Å². The third-order valence-electron chi connectivity index (χ3n) is 4.32. The summed E-state index contributed by atoms with van der Waals surface area (Å²) >= 11 is 0. The number of hydrogen-bond acceptors (Lipinski definition) is 0. The second-order valence-corrected chi connectivity index (χ2v) is 5.74. The molecule has 0 nitrogen and oxygen atoms in total. The Hall–Kier alpha value is -0.990. The van der Waals surface area contributed by atoms with Gasteiger partial charge in [-0.3, -0.25) is 0 Å². The van der Waals surface area contributed by atoms with Gasteiger partial charge in [0.2, 0.25) is 0 Å². The van der Waals surface area contributed by atoms with Crippen LogP contribution in [0.3, 0.4) is 0 Å². The van der Waals surface area contributed by atoms with Crippen LogP contribution in [0.2, 0.25) is 0 Å². The monoisotopic (exact) mass is 256 g/mol. The van der Waals surface area contributed by atoms with Crippen molar-refractivity contribution in [3.63, 3.8) is 0 Å². The van der Waals surface area contributed by atoms with Gasteiger partial charge in [0.1, 0.15) is 0 Å². The molecule has 1 saturated carbocycles. The first-order valence-corrected chi connectivity index (χ1v) is 6.45. The van der Waals surface area contributed by atoms with E-state index in [4.69, 9.17) is 0 Å². The van der Waals surface area contributed by atoms with Crippen molar-refractivity contribution in [1.29, 1.82) is 0 Å². The number of alkyl halides is 3. The molecule has 18 heavy (non-hydrogen) atoms. The maximum Gasteiger partial charge on any atom is 0.394 e. The van der Waals surface area contributed by atoms with Crippen molar-refractivity contribution in [3.05, 3.63) is 35.4 Å². The Kier molecular flexibility index (Phi) is 3.43. The van der Waals surface area contributed by atoms with Gasteiger partial charge in [0, 0.05) is 0 Å². The minimum absolute atomic E-state index is 0.245. The van der Waals surface area contributed by atoms with Crippen LogP contribution in [-0.4, -0.2) is 6.18 Å². The van der Waals surface area contributed by atoms with E-state index in [9.17, 15) is 13.2 Å². The standard InChI is InChI=1S/C15H19F3/c1-11-3-5-12(6-4-11)13-7-9-14(2,10-8-13)15(16,17)18/h3-6,13H,7-10H2,1-2H3. The molecule has 0 saturated heterocycles. The van der Waals surface area contributed by atoms with Crippen LogP contribution in [0.1, 0.15) is 49.7 Å². The fourth-order valence-corrected chi connectivity index (χ4v) is 2.71. The zero-order chi connectivity index (χ0) is 13.4. The molecule has 3 heteroatoms. The molecule has 0 bridgehead atoms. The van der Waals surface area contributed by atoms with Gasteiger partial charge < -0.3 is 0 Å². The highest BCUT2D eigenvalue weighted by Gasteiger charge is 2.52. The van der Waals surface area contributed by atoms with Gasteiger partial charge in [-0.25, -0.2) is 0 Å². The zero-order valence-electron chi connectivity index (χ0n) is 10.8. The van der Waals surface area contributed by atoms with E-state index in [1.54, 1.807) is 0 Å².